The van der Waals surface area contributed by atoms with Crippen molar-refractivity contribution < 1.29 is 20.1 Å². The highest BCUT2D eigenvalue weighted by Crippen LogP contribution is 2.23. The number of nitrogens with two attached hydrogens (primary N) is 2. The van der Waals surface area contributed by atoms with E-state index in [2.05, 4.69) is 10.7 Å². The van der Waals surface area contributed by atoms with E-state index in [9.17, 15) is 10.2 Å². The molecule has 0 bridgehead atoms. The van der Waals surface area contributed by atoms with Crippen LogP contribution in [0.1, 0.15) is 0 Å². The maximum atomic E-state index is 9.79. The lowest BCUT2D eigenvalue weighted by Crippen LogP contribution is -2.56. The number of nitrogens with zero attached hydrogens (tertiary/aromatic N) is 1. The van der Waals surface area contributed by atoms with Crippen LogP contribution in [-0.2, 0) is 4.74 Å². The van der Waals surface area contributed by atoms with Crippen LogP contribution in [0.5, 0.6) is 0 Å². The molecule has 0 aliphatic carbocycles. The van der Waals surface area contributed by atoms with Gasteiger partial charge in [-0.05, 0) is 0 Å². The molecule has 0 spiro atoms. The lowest BCUT2D eigenvalue weighted by atomic mass is 10.1. The van der Waals surface area contributed by atoms with Crippen LogP contribution >= 0.6 is 0 Å². The number of nitrogens with one attached hydrogen (secondary N) is 2. The molecular formula is C8H19N5O4. The number of ether oxygens (including phenoxy) is 1. The molecule has 9 nitrogen and oxygen atoms in total. The SMILES string of the molecule is NC(N)C1NCN([C@@H]2O[C@H](CO)[C@@H](O)[C@H]2O)N1. The van der Waals surface area contributed by atoms with Crippen molar-refractivity contribution in [2.24, 2.45) is 11.5 Å². The summed E-state index contributed by atoms with van der Waals surface area (Å²) >= 11 is 0. The highest BCUT2D eigenvalue weighted by Gasteiger charge is 2.46. The first-order valence-electron chi connectivity index (χ1n) is 5.44. The Labute approximate surface area is 98.3 Å². The van der Waals surface area contributed by atoms with E-state index in [4.69, 9.17) is 21.3 Å². The molecular weight excluding hydrogens is 230 g/mol. The van der Waals surface area contributed by atoms with Crippen molar-refractivity contribution in [3.63, 3.8) is 0 Å². The number of hydrogen-bond acceptors (Lipinski definition) is 9. The van der Waals surface area contributed by atoms with Gasteiger partial charge in [0.2, 0.25) is 0 Å². The molecule has 5 atom stereocenters. The van der Waals surface area contributed by atoms with Crippen LogP contribution in [0.3, 0.4) is 0 Å². The molecule has 2 saturated heterocycles. The van der Waals surface area contributed by atoms with Gasteiger partial charge < -0.3 is 31.5 Å². The molecule has 0 amide bonds. The maximum absolute atomic E-state index is 9.79. The van der Waals surface area contributed by atoms with Crippen LogP contribution in [0.15, 0.2) is 0 Å². The zero-order valence-electron chi connectivity index (χ0n) is 9.23. The zero-order valence-corrected chi connectivity index (χ0v) is 9.23. The first kappa shape index (κ1) is 13.1. The minimum Gasteiger partial charge on any atom is -0.394 e. The predicted molar refractivity (Wildman–Crippen MR) is 56.7 cm³/mol. The third-order valence-electron chi connectivity index (χ3n) is 3.00. The van der Waals surface area contributed by atoms with Crippen LogP contribution in [-0.4, -0.2) is 70.5 Å². The Morgan fingerprint density at radius 3 is 2.53 bits per heavy atom. The van der Waals surface area contributed by atoms with Crippen molar-refractivity contribution in [2.75, 3.05) is 13.3 Å². The van der Waals surface area contributed by atoms with Crippen LogP contribution in [0.2, 0.25) is 0 Å². The minimum atomic E-state index is -1.11. The standard InChI is InChI=1S/C8H19N5O4/c9-6(10)7-11-2-13(12-7)8-5(16)4(15)3(1-14)17-8/h3-8,11-12,14-16H,1-2,9-10H2/t3-,4-,5-,7?,8-/m1/s1. The first-order valence-corrected chi connectivity index (χ1v) is 5.44. The van der Waals surface area contributed by atoms with Gasteiger partial charge in [-0.25, -0.2) is 5.43 Å². The Kier molecular flexibility index (Phi) is 3.92. The summed E-state index contributed by atoms with van der Waals surface area (Å²) in [6.07, 6.45) is -4.68. The van der Waals surface area contributed by atoms with E-state index in [1.807, 2.05) is 0 Å². The summed E-state index contributed by atoms with van der Waals surface area (Å²) in [5.74, 6) is 0. The van der Waals surface area contributed by atoms with Crippen LogP contribution in [0.25, 0.3) is 0 Å². The fourth-order valence-electron chi connectivity index (χ4n) is 1.99. The van der Waals surface area contributed by atoms with Gasteiger partial charge in [-0.15, -0.1) is 0 Å². The Hall–Kier alpha value is -0.360. The molecule has 1 unspecified atom stereocenters. The normalized spacial score (nSPS) is 43.8. The Morgan fingerprint density at radius 1 is 1.35 bits per heavy atom. The second-order valence-electron chi connectivity index (χ2n) is 4.25. The molecule has 0 aromatic heterocycles. The molecule has 100 valence electrons. The van der Waals surface area contributed by atoms with E-state index in [0.717, 1.165) is 0 Å². The second-order valence-corrected chi connectivity index (χ2v) is 4.25. The van der Waals surface area contributed by atoms with Gasteiger partial charge in [-0.1, -0.05) is 0 Å². The van der Waals surface area contributed by atoms with Gasteiger partial charge in [0.05, 0.1) is 19.4 Å². The van der Waals surface area contributed by atoms with Crippen molar-refractivity contribution in [2.45, 2.75) is 36.9 Å². The summed E-state index contributed by atoms with van der Waals surface area (Å²) in [6, 6.07) is 0. The van der Waals surface area contributed by atoms with Gasteiger partial charge in [-0.2, -0.15) is 5.01 Å². The number of hydrogen-bond donors (Lipinski definition) is 7. The Morgan fingerprint density at radius 2 is 2.06 bits per heavy atom. The van der Waals surface area contributed by atoms with E-state index in [1.54, 1.807) is 5.01 Å². The van der Waals surface area contributed by atoms with Crippen molar-refractivity contribution in [1.29, 1.82) is 0 Å². The topological polar surface area (TPSA) is 149 Å². The third-order valence-corrected chi connectivity index (χ3v) is 3.00. The quantitative estimate of drug-likeness (QED) is 0.245. The summed E-state index contributed by atoms with van der Waals surface area (Å²) in [4.78, 5) is 0. The molecule has 9 N–H and O–H groups in total. The average Bonchev–Trinajstić information content (AvgIpc) is 2.87. The summed E-state index contributed by atoms with van der Waals surface area (Å²) in [7, 11) is 0. The molecule has 2 aliphatic heterocycles. The molecule has 0 radical (unpaired) electrons. The van der Waals surface area contributed by atoms with E-state index in [0.29, 0.717) is 6.67 Å². The summed E-state index contributed by atoms with van der Waals surface area (Å²) < 4.78 is 5.34. The van der Waals surface area contributed by atoms with Crippen molar-refractivity contribution in [3.8, 4) is 0 Å². The zero-order chi connectivity index (χ0) is 12.6. The summed E-state index contributed by atoms with van der Waals surface area (Å²) in [5, 5.41) is 32.9. The van der Waals surface area contributed by atoms with Crippen LogP contribution in [0, 0.1) is 0 Å². The smallest absolute Gasteiger partial charge is 0.153 e. The van der Waals surface area contributed by atoms with Gasteiger partial charge in [0.15, 0.2) is 6.23 Å². The van der Waals surface area contributed by atoms with E-state index in [1.165, 1.54) is 0 Å². The maximum Gasteiger partial charge on any atom is 0.153 e. The minimum absolute atomic E-state index is 0.323. The van der Waals surface area contributed by atoms with E-state index >= 15 is 0 Å². The lowest BCUT2D eigenvalue weighted by molar-refractivity contribution is -0.108. The van der Waals surface area contributed by atoms with E-state index in [-0.39, 0.29) is 12.8 Å². The van der Waals surface area contributed by atoms with Gasteiger partial charge in [-0.3, -0.25) is 5.32 Å². The molecule has 0 aromatic rings. The molecule has 2 rings (SSSR count). The largest absolute Gasteiger partial charge is 0.394 e. The molecule has 0 aromatic carbocycles. The third kappa shape index (κ3) is 2.42. The number of rotatable bonds is 3. The average molecular weight is 249 g/mol. The molecule has 9 heteroatoms. The van der Waals surface area contributed by atoms with Gasteiger partial charge >= 0.3 is 0 Å². The van der Waals surface area contributed by atoms with E-state index < -0.39 is 30.7 Å². The van der Waals surface area contributed by atoms with Gasteiger partial charge in [0.25, 0.3) is 0 Å². The molecule has 2 aliphatic rings. The molecule has 0 saturated carbocycles. The highest BCUT2D eigenvalue weighted by molar-refractivity contribution is 4.91. The Balaban J connectivity index is 1.96. The first-order chi connectivity index (χ1) is 8.04. The van der Waals surface area contributed by atoms with Gasteiger partial charge in [0.1, 0.15) is 24.5 Å². The number of aliphatic hydroxyl groups is 3. The fraction of sp³-hybridized carbons (Fsp3) is 1.00. The van der Waals surface area contributed by atoms with Crippen LogP contribution in [0.4, 0.5) is 0 Å². The highest BCUT2D eigenvalue weighted by atomic mass is 16.6. The second kappa shape index (κ2) is 5.10. The molecule has 2 fully saturated rings. The van der Waals surface area contributed by atoms with Crippen molar-refractivity contribution in [3.05, 3.63) is 0 Å². The summed E-state index contributed by atoms with van der Waals surface area (Å²) in [5.41, 5.74) is 13.9. The predicted octanol–water partition coefficient (Wildman–Crippen LogP) is -4.64. The molecule has 17 heavy (non-hydrogen) atoms. The number of hydrazine groups is 1. The Bertz CT molecular complexity index is 268. The summed E-state index contributed by atoms with van der Waals surface area (Å²) in [6.45, 7) is 0.0119. The monoisotopic (exact) mass is 249 g/mol. The fourth-order valence-corrected chi connectivity index (χ4v) is 1.99. The molecule has 2 heterocycles. The van der Waals surface area contributed by atoms with Crippen molar-refractivity contribution >= 4 is 0 Å². The van der Waals surface area contributed by atoms with Crippen molar-refractivity contribution in [1.82, 2.24) is 15.8 Å². The van der Waals surface area contributed by atoms with Crippen LogP contribution < -0.4 is 22.2 Å². The van der Waals surface area contributed by atoms with Gasteiger partial charge in [0, 0.05) is 0 Å². The lowest BCUT2D eigenvalue weighted by Gasteiger charge is -2.26. The number of aliphatic hydroxyl groups excluding tert-OH is 3.